The number of ether oxygens (including phenoxy) is 1. The molecule has 2 aromatic carbocycles. The van der Waals surface area contributed by atoms with Crippen LogP contribution in [0.4, 0.5) is 5.69 Å². The Morgan fingerprint density at radius 3 is 2.60 bits per heavy atom. The van der Waals surface area contributed by atoms with E-state index in [-0.39, 0.29) is 0 Å². The number of aromatic nitrogens is 2. The van der Waals surface area contributed by atoms with Crippen LogP contribution in [-0.4, -0.2) is 45.9 Å². The quantitative estimate of drug-likeness (QED) is 0.633. The van der Waals surface area contributed by atoms with E-state index in [1.807, 2.05) is 12.1 Å². The third-order valence-electron chi connectivity index (χ3n) is 5.16. The highest BCUT2D eigenvalue weighted by Crippen LogP contribution is 2.25. The second-order valence-corrected chi connectivity index (χ2v) is 8.76. The van der Waals surface area contributed by atoms with E-state index < -0.39 is 10.8 Å². The standard InChI is InChI=1S/C23H22N4O2S/c1-29-22-7-4-18(15-19(22)16-24)21-8-9-25-23(26-21)14-17-2-5-20(6-3-17)27-10-12-30(28)13-11-27/h2-9,15H,10-14H2,1H3. The Labute approximate surface area is 178 Å². The number of hydrogen-bond donors (Lipinski definition) is 0. The maximum absolute atomic E-state index is 11.5. The van der Waals surface area contributed by atoms with Crippen molar-refractivity contribution in [2.24, 2.45) is 0 Å². The Hall–Kier alpha value is -3.24. The summed E-state index contributed by atoms with van der Waals surface area (Å²) in [6, 6.07) is 17.9. The molecule has 6 nitrogen and oxygen atoms in total. The molecule has 1 saturated heterocycles. The molecule has 0 N–H and O–H groups in total. The summed E-state index contributed by atoms with van der Waals surface area (Å²) in [7, 11) is 0.881. The number of nitriles is 1. The van der Waals surface area contributed by atoms with Gasteiger partial charge in [0, 0.05) is 59.3 Å². The van der Waals surface area contributed by atoms with Gasteiger partial charge in [-0.15, -0.1) is 0 Å². The number of anilines is 1. The minimum absolute atomic E-state index is 0.479. The van der Waals surface area contributed by atoms with Gasteiger partial charge in [-0.3, -0.25) is 4.21 Å². The zero-order valence-corrected chi connectivity index (χ0v) is 17.6. The molecule has 0 unspecified atom stereocenters. The first-order chi connectivity index (χ1) is 14.7. The van der Waals surface area contributed by atoms with Crippen molar-refractivity contribution in [3.63, 3.8) is 0 Å². The van der Waals surface area contributed by atoms with E-state index >= 15 is 0 Å². The first-order valence-electron chi connectivity index (χ1n) is 9.75. The predicted octanol–water partition coefficient (Wildman–Crippen LogP) is 3.18. The van der Waals surface area contributed by atoms with Crippen LogP contribution in [0.15, 0.2) is 54.7 Å². The molecule has 152 valence electrons. The van der Waals surface area contributed by atoms with Crippen molar-refractivity contribution >= 4 is 16.5 Å². The average molecular weight is 419 g/mol. The lowest BCUT2D eigenvalue weighted by molar-refractivity contribution is 0.413. The first kappa shape index (κ1) is 20.0. The van der Waals surface area contributed by atoms with Crippen LogP contribution in [0, 0.1) is 11.3 Å². The zero-order valence-electron chi connectivity index (χ0n) is 16.7. The van der Waals surface area contributed by atoms with Gasteiger partial charge in [0.15, 0.2) is 0 Å². The van der Waals surface area contributed by atoms with E-state index in [0.717, 1.165) is 52.9 Å². The smallest absolute Gasteiger partial charge is 0.136 e. The molecule has 0 aliphatic carbocycles. The fourth-order valence-corrected chi connectivity index (χ4v) is 4.56. The van der Waals surface area contributed by atoms with Gasteiger partial charge in [-0.2, -0.15) is 5.26 Å². The molecule has 3 aromatic rings. The SMILES string of the molecule is COc1ccc(-c2ccnc(Cc3ccc(N4CCS(=O)CC4)cc3)n2)cc1C#N. The highest BCUT2D eigenvalue weighted by molar-refractivity contribution is 7.85. The second kappa shape index (κ2) is 9.06. The van der Waals surface area contributed by atoms with Crippen molar-refractivity contribution in [2.45, 2.75) is 6.42 Å². The van der Waals surface area contributed by atoms with Gasteiger partial charge >= 0.3 is 0 Å². The lowest BCUT2D eigenvalue weighted by Gasteiger charge is -2.28. The second-order valence-electron chi connectivity index (χ2n) is 7.06. The normalized spacial score (nSPS) is 14.3. The summed E-state index contributed by atoms with van der Waals surface area (Å²) in [5.74, 6) is 2.75. The van der Waals surface area contributed by atoms with Crippen LogP contribution in [0.25, 0.3) is 11.3 Å². The van der Waals surface area contributed by atoms with Crippen LogP contribution in [0.5, 0.6) is 5.75 Å². The largest absolute Gasteiger partial charge is 0.495 e. The minimum atomic E-state index is -0.671. The molecule has 30 heavy (non-hydrogen) atoms. The molecule has 1 aromatic heterocycles. The van der Waals surface area contributed by atoms with E-state index in [9.17, 15) is 9.47 Å². The molecule has 2 heterocycles. The van der Waals surface area contributed by atoms with Crippen molar-refractivity contribution in [1.82, 2.24) is 9.97 Å². The summed E-state index contributed by atoms with van der Waals surface area (Å²) in [6.07, 6.45) is 2.37. The molecule has 7 heteroatoms. The fraction of sp³-hybridized carbons (Fsp3) is 0.261. The van der Waals surface area contributed by atoms with Gasteiger partial charge in [-0.05, 0) is 42.0 Å². The lowest BCUT2D eigenvalue weighted by Crippen LogP contribution is -2.37. The van der Waals surface area contributed by atoms with Crippen molar-refractivity contribution in [1.29, 1.82) is 5.26 Å². The zero-order chi connectivity index (χ0) is 20.9. The van der Waals surface area contributed by atoms with Gasteiger partial charge in [0.05, 0.1) is 18.4 Å². The Morgan fingerprint density at radius 1 is 1.13 bits per heavy atom. The maximum atomic E-state index is 11.5. The van der Waals surface area contributed by atoms with E-state index in [1.165, 1.54) is 0 Å². The summed E-state index contributed by atoms with van der Waals surface area (Å²) in [6.45, 7) is 1.67. The first-order valence-corrected chi connectivity index (χ1v) is 11.2. The topological polar surface area (TPSA) is 79.1 Å². The number of nitrogens with zero attached hydrogens (tertiary/aromatic N) is 4. The van der Waals surface area contributed by atoms with E-state index in [0.29, 0.717) is 17.7 Å². The molecule has 1 fully saturated rings. The molecule has 0 atom stereocenters. The Balaban J connectivity index is 1.50. The number of methoxy groups -OCH3 is 1. The molecule has 0 radical (unpaired) electrons. The van der Waals surface area contributed by atoms with Gasteiger partial charge < -0.3 is 9.64 Å². The Bertz CT molecular complexity index is 1100. The van der Waals surface area contributed by atoms with E-state index in [2.05, 4.69) is 45.2 Å². The van der Waals surface area contributed by atoms with Gasteiger partial charge in [-0.25, -0.2) is 9.97 Å². The minimum Gasteiger partial charge on any atom is -0.495 e. The molecular formula is C23H22N4O2S. The van der Waals surface area contributed by atoms with E-state index in [1.54, 1.807) is 25.4 Å². The van der Waals surface area contributed by atoms with Crippen LogP contribution in [0.3, 0.4) is 0 Å². The summed E-state index contributed by atoms with van der Waals surface area (Å²) < 4.78 is 16.8. The lowest BCUT2D eigenvalue weighted by atomic mass is 10.1. The molecule has 0 amide bonds. The third-order valence-corrected chi connectivity index (χ3v) is 6.44. The van der Waals surface area contributed by atoms with Gasteiger partial charge in [-0.1, -0.05) is 12.1 Å². The van der Waals surface area contributed by atoms with Gasteiger partial charge in [0.25, 0.3) is 0 Å². The van der Waals surface area contributed by atoms with Crippen LogP contribution >= 0.6 is 0 Å². The molecule has 0 spiro atoms. The van der Waals surface area contributed by atoms with Gasteiger partial charge in [0.1, 0.15) is 17.6 Å². The van der Waals surface area contributed by atoms with Crippen molar-refractivity contribution < 1.29 is 8.95 Å². The Morgan fingerprint density at radius 2 is 1.90 bits per heavy atom. The molecular weight excluding hydrogens is 396 g/mol. The monoisotopic (exact) mass is 418 g/mol. The fourth-order valence-electron chi connectivity index (χ4n) is 3.50. The van der Waals surface area contributed by atoms with Crippen molar-refractivity contribution in [3.05, 3.63) is 71.7 Å². The summed E-state index contributed by atoms with van der Waals surface area (Å²) in [4.78, 5) is 11.4. The number of rotatable bonds is 5. The maximum Gasteiger partial charge on any atom is 0.136 e. The van der Waals surface area contributed by atoms with Crippen LogP contribution in [-0.2, 0) is 17.2 Å². The van der Waals surface area contributed by atoms with Crippen molar-refractivity contribution in [3.8, 4) is 23.1 Å². The molecule has 4 rings (SSSR count). The summed E-state index contributed by atoms with van der Waals surface area (Å²) in [5, 5.41) is 9.32. The molecule has 1 aliphatic heterocycles. The van der Waals surface area contributed by atoms with E-state index in [4.69, 9.17) is 4.74 Å². The Kier molecular flexibility index (Phi) is 6.05. The molecule has 0 saturated carbocycles. The predicted molar refractivity (Wildman–Crippen MR) is 118 cm³/mol. The number of benzene rings is 2. The van der Waals surface area contributed by atoms with Crippen molar-refractivity contribution in [2.75, 3.05) is 36.6 Å². The average Bonchev–Trinajstić information content (AvgIpc) is 2.80. The van der Waals surface area contributed by atoms with Crippen LogP contribution in [0.2, 0.25) is 0 Å². The van der Waals surface area contributed by atoms with Gasteiger partial charge in [0.2, 0.25) is 0 Å². The highest BCUT2D eigenvalue weighted by Gasteiger charge is 2.15. The molecule has 1 aliphatic rings. The summed E-state index contributed by atoms with van der Waals surface area (Å²) in [5.41, 5.74) is 4.40. The number of hydrogen-bond acceptors (Lipinski definition) is 6. The van der Waals surface area contributed by atoms with Crippen LogP contribution in [0.1, 0.15) is 17.0 Å². The molecule has 0 bridgehead atoms. The third kappa shape index (κ3) is 4.50. The summed E-state index contributed by atoms with van der Waals surface area (Å²) >= 11 is 0. The highest BCUT2D eigenvalue weighted by atomic mass is 32.2. The van der Waals surface area contributed by atoms with Crippen LogP contribution < -0.4 is 9.64 Å².